The number of esters is 1. The fourth-order valence-corrected chi connectivity index (χ4v) is 6.42. The smallest absolute Gasteiger partial charge is 0.334 e. The normalized spacial score (nSPS) is 23.5. The van der Waals surface area contributed by atoms with Gasteiger partial charge in [-0.3, -0.25) is 0 Å². The Balaban J connectivity index is 1.42. The number of aliphatic hydroxyl groups excluding tert-OH is 4. The van der Waals surface area contributed by atoms with E-state index < -0.39 is 24.4 Å². The fraction of sp³-hybridized carbons (Fsp3) is 0.914. The zero-order valence-corrected chi connectivity index (χ0v) is 26.9. The van der Waals surface area contributed by atoms with Crippen LogP contribution < -0.4 is 0 Å². The van der Waals surface area contributed by atoms with Gasteiger partial charge in [-0.25, -0.2) is 4.79 Å². The number of hydrogen-bond acceptors (Lipinski definition) is 7. The highest BCUT2D eigenvalue weighted by Gasteiger charge is 2.30. The van der Waals surface area contributed by atoms with Crippen LogP contribution in [0.2, 0.25) is 0 Å². The summed E-state index contributed by atoms with van der Waals surface area (Å²) >= 11 is 0. The molecule has 1 saturated heterocycles. The summed E-state index contributed by atoms with van der Waals surface area (Å²) in [5, 5.41) is 41.6. The second kappa shape index (κ2) is 22.5. The first-order chi connectivity index (χ1) is 20.3. The molecule has 2 heterocycles. The Hall–Kier alpha value is -0.990. The number of carbonyl (C=O) groups excluding carboxylic acids is 1. The average Bonchev–Trinajstić information content (AvgIpc) is 3.56. The van der Waals surface area contributed by atoms with E-state index in [1.54, 1.807) is 6.08 Å². The minimum absolute atomic E-state index is 0.142. The van der Waals surface area contributed by atoms with Gasteiger partial charge in [0.15, 0.2) is 0 Å². The van der Waals surface area contributed by atoms with E-state index in [0.29, 0.717) is 44.1 Å². The second-order valence-electron chi connectivity index (χ2n) is 13.1. The predicted octanol–water partition coefficient (Wildman–Crippen LogP) is 7.06. The summed E-state index contributed by atoms with van der Waals surface area (Å²) in [7, 11) is 0. The molecule has 0 spiro atoms. The largest absolute Gasteiger partial charge is 0.455 e. The second-order valence-corrected chi connectivity index (χ2v) is 13.1. The monoisotopic (exact) mass is 596 g/mol. The topological polar surface area (TPSA) is 116 Å². The molecule has 42 heavy (non-hydrogen) atoms. The van der Waals surface area contributed by atoms with Gasteiger partial charge < -0.3 is 29.9 Å². The molecule has 4 N–H and O–H groups in total. The minimum Gasteiger partial charge on any atom is -0.455 e. The molecule has 2 aliphatic rings. The first-order valence-corrected chi connectivity index (χ1v) is 17.6. The molecule has 2 rings (SSSR count). The van der Waals surface area contributed by atoms with Crippen molar-refractivity contribution < 1.29 is 34.7 Å². The third-order valence-corrected chi connectivity index (χ3v) is 9.13. The quantitative estimate of drug-likeness (QED) is 0.0624. The molecule has 1 fully saturated rings. The van der Waals surface area contributed by atoms with Crippen LogP contribution in [0.3, 0.4) is 0 Å². The first kappa shape index (κ1) is 37.2. The van der Waals surface area contributed by atoms with Crippen molar-refractivity contribution in [1.29, 1.82) is 0 Å². The molecule has 0 aromatic heterocycles. The van der Waals surface area contributed by atoms with E-state index in [-0.39, 0.29) is 24.3 Å². The van der Waals surface area contributed by atoms with Crippen molar-refractivity contribution in [3.8, 4) is 0 Å². The lowest BCUT2D eigenvalue weighted by atomic mass is 9.98. The van der Waals surface area contributed by atoms with E-state index in [9.17, 15) is 25.2 Å². The minimum atomic E-state index is -0.719. The van der Waals surface area contributed by atoms with E-state index in [4.69, 9.17) is 9.47 Å². The molecular weight excluding hydrogens is 532 g/mol. The van der Waals surface area contributed by atoms with Gasteiger partial charge in [0.25, 0.3) is 0 Å². The number of ether oxygens (including phenoxy) is 2. The Morgan fingerprint density at radius 1 is 0.738 bits per heavy atom. The molecular formula is C35H64O7. The highest BCUT2D eigenvalue weighted by atomic mass is 16.5. The van der Waals surface area contributed by atoms with Crippen molar-refractivity contribution in [3.63, 3.8) is 0 Å². The van der Waals surface area contributed by atoms with Gasteiger partial charge in [-0.2, -0.15) is 0 Å². The van der Waals surface area contributed by atoms with Crippen LogP contribution in [0.5, 0.6) is 0 Å². The molecule has 7 nitrogen and oxygen atoms in total. The first-order valence-electron chi connectivity index (χ1n) is 17.6. The molecule has 7 atom stereocenters. The van der Waals surface area contributed by atoms with Gasteiger partial charge >= 0.3 is 5.97 Å². The number of rotatable bonds is 26. The number of unbranched alkanes of at least 4 members (excludes halogenated alkanes) is 12. The number of aliphatic hydroxyl groups is 4. The number of carbonyl (C=O) groups is 1. The molecule has 0 radical (unpaired) electrons. The van der Waals surface area contributed by atoms with Crippen LogP contribution in [0, 0.1) is 0 Å². The Morgan fingerprint density at radius 3 is 1.93 bits per heavy atom. The predicted molar refractivity (Wildman–Crippen MR) is 168 cm³/mol. The van der Waals surface area contributed by atoms with Crippen LogP contribution in [0.25, 0.3) is 0 Å². The molecule has 0 aromatic rings. The van der Waals surface area contributed by atoms with E-state index in [1.807, 2.05) is 6.92 Å². The van der Waals surface area contributed by atoms with Gasteiger partial charge in [-0.05, 0) is 64.4 Å². The lowest BCUT2D eigenvalue weighted by Crippen LogP contribution is -2.28. The molecule has 0 amide bonds. The van der Waals surface area contributed by atoms with Crippen LogP contribution in [0.15, 0.2) is 11.6 Å². The molecule has 0 saturated carbocycles. The van der Waals surface area contributed by atoms with Crippen LogP contribution >= 0.6 is 0 Å². The van der Waals surface area contributed by atoms with Gasteiger partial charge in [-0.1, -0.05) is 96.8 Å². The van der Waals surface area contributed by atoms with Gasteiger partial charge in [0.2, 0.25) is 0 Å². The molecule has 0 aliphatic carbocycles. The Bertz CT molecular complexity index is 726. The summed E-state index contributed by atoms with van der Waals surface area (Å²) in [4.78, 5) is 11.7. The summed E-state index contributed by atoms with van der Waals surface area (Å²) in [6.07, 6.45) is 22.4. The maximum Gasteiger partial charge on any atom is 0.334 e. The van der Waals surface area contributed by atoms with Crippen molar-refractivity contribution in [2.24, 2.45) is 0 Å². The SMILES string of the molecule is CCCCCCCCCCCCCC(O)C(O)CCC[C@H](O)[C@@H]1CC[C@@H](CCCCCC(O)CC2=C[C@H](C)OC2=O)O1. The summed E-state index contributed by atoms with van der Waals surface area (Å²) in [5.41, 5.74) is 0.587. The number of cyclic esters (lactones) is 1. The van der Waals surface area contributed by atoms with E-state index >= 15 is 0 Å². The van der Waals surface area contributed by atoms with Crippen molar-refractivity contribution in [2.75, 3.05) is 0 Å². The summed E-state index contributed by atoms with van der Waals surface area (Å²) in [5.74, 6) is -0.305. The Kier molecular flexibility index (Phi) is 19.9. The third-order valence-electron chi connectivity index (χ3n) is 9.13. The summed E-state index contributed by atoms with van der Waals surface area (Å²) in [6.45, 7) is 4.08. The summed E-state index contributed by atoms with van der Waals surface area (Å²) in [6, 6.07) is 0. The van der Waals surface area contributed by atoms with Crippen LogP contribution in [-0.4, -0.2) is 69.1 Å². The van der Waals surface area contributed by atoms with Gasteiger partial charge in [0, 0.05) is 12.0 Å². The molecule has 246 valence electrons. The zero-order chi connectivity index (χ0) is 30.6. The van der Waals surface area contributed by atoms with Crippen molar-refractivity contribution >= 4 is 5.97 Å². The van der Waals surface area contributed by atoms with Crippen molar-refractivity contribution in [1.82, 2.24) is 0 Å². The molecule has 0 bridgehead atoms. The van der Waals surface area contributed by atoms with Gasteiger partial charge in [-0.15, -0.1) is 0 Å². The Morgan fingerprint density at radius 2 is 1.31 bits per heavy atom. The molecule has 2 aliphatic heterocycles. The Labute approximate surface area is 256 Å². The van der Waals surface area contributed by atoms with Crippen LogP contribution in [0.4, 0.5) is 0 Å². The van der Waals surface area contributed by atoms with Crippen LogP contribution in [-0.2, 0) is 14.3 Å². The van der Waals surface area contributed by atoms with E-state index in [2.05, 4.69) is 6.92 Å². The third kappa shape index (κ3) is 16.2. The average molecular weight is 597 g/mol. The maximum atomic E-state index is 11.7. The highest BCUT2D eigenvalue weighted by molar-refractivity contribution is 5.90. The number of hydrogen-bond donors (Lipinski definition) is 4. The standard InChI is InChI=1S/C35H64O7/c1-3-4-5-6-7-8-9-10-11-12-16-20-31(37)32(38)21-17-22-33(39)34-24-23-30(42-34)19-15-13-14-18-29(36)26-28-25-27(2)41-35(28)40/h25,27,29-34,36-39H,3-24,26H2,1-2H3/t27-,29?,30+,31?,32?,33-,34-/m0/s1. The highest BCUT2D eigenvalue weighted by Crippen LogP contribution is 2.28. The van der Waals surface area contributed by atoms with Crippen molar-refractivity contribution in [3.05, 3.63) is 11.6 Å². The van der Waals surface area contributed by atoms with Crippen molar-refractivity contribution in [2.45, 2.75) is 204 Å². The van der Waals surface area contributed by atoms with Gasteiger partial charge in [0.1, 0.15) is 6.10 Å². The molecule has 7 heteroatoms. The molecule has 3 unspecified atom stereocenters. The molecule has 0 aromatic carbocycles. The lowest BCUT2D eigenvalue weighted by molar-refractivity contribution is -0.139. The fourth-order valence-electron chi connectivity index (χ4n) is 6.42. The van der Waals surface area contributed by atoms with Crippen LogP contribution in [0.1, 0.15) is 162 Å². The van der Waals surface area contributed by atoms with E-state index in [0.717, 1.165) is 51.4 Å². The lowest BCUT2D eigenvalue weighted by Gasteiger charge is -2.21. The van der Waals surface area contributed by atoms with Gasteiger partial charge in [0.05, 0.1) is 36.6 Å². The zero-order valence-electron chi connectivity index (χ0n) is 26.9. The van der Waals surface area contributed by atoms with E-state index in [1.165, 1.54) is 57.8 Å². The maximum absolute atomic E-state index is 11.7. The summed E-state index contributed by atoms with van der Waals surface area (Å²) < 4.78 is 11.2.